The predicted octanol–water partition coefficient (Wildman–Crippen LogP) is 3.79. The first-order valence-corrected chi connectivity index (χ1v) is 6.13. The fourth-order valence-corrected chi connectivity index (χ4v) is 1.87. The molecule has 0 saturated carbocycles. The van der Waals surface area contributed by atoms with Gasteiger partial charge in [-0.05, 0) is 58.5 Å². The third kappa shape index (κ3) is 7.37. The van der Waals surface area contributed by atoms with E-state index in [1.54, 1.807) is 0 Å². The van der Waals surface area contributed by atoms with Gasteiger partial charge >= 0.3 is 0 Å². The number of hydrogen-bond donors (Lipinski definition) is 0. The van der Waals surface area contributed by atoms with Gasteiger partial charge in [0.25, 0.3) is 0 Å². The summed E-state index contributed by atoms with van der Waals surface area (Å²) in [5.41, 5.74) is 0. The quantitative estimate of drug-likeness (QED) is 0.603. The molecule has 0 bridgehead atoms. The molecule has 0 aromatic carbocycles. The zero-order valence-corrected chi connectivity index (χ0v) is 11.0. The maximum atomic E-state index is 2.43. The van der Waals surface area contributed by atoms with E-state index in [-0.39, 0.29) is 0 Å². The molecule has 0 rings (SSSR count). The van der Waals surface area contributed by atoms with Gasteiger partial charge in [-0.1, -0.05) is 20.8 Å². The molecule has 0 aromatic rings. The second-order valence-corrected chi connectivity index (χ2v) is 5.45. The van der Waals surface area contributed by atoms with Crippen molar-refractivity contribution in [1.82, 2.24) is 4.90 Å². The van der Waals surface area contributed by atoms with Crippen molar-refractivity contribution < 1.29 is 0 Å². The summed E-state index contributed by atoms with van der Waals surface area (Å²) in [5.74, 6) is 1.75. The minimum atomic E-state index is 0.690. The van der Waals surface area contributed by atoms with Crippen LogP contribution in [0.4, 0.5) is 0 Å². The second-order valence-electron chi connectivity index (χ2n) is 5.45. The molecule has 14 heavy (non-hydrogen) atoms. The van der Waals surface area contributed by atoms with E-state index < -0.39 is 0 Å². The van der Waals surface area contributed by atoms with Crippen LogP contribution >= 0.6 is 0 Å². The summed E-state index contributed by atoms with van der Waals surface area (Å²) in [6.07, 6.45) is 4.11. The molecule has 1 unspecified atom stereocenters. The van der Waals surface area contributed by atoms with E-state index in [0.29, 0.717) is 6.04 Å². The molecule has 0 saturated heterocycles. The van der Waals surface area contributed by atoms with Gasteiger partial charge in [-0.2, -0.15) is 0 Å². The van der Waals surface area contributed by atoms with E-state index >= 15 is 0 Å². The second kappa shape index (κ2) is 7.28. The van der Waals surface area contributed by atoms with Crippen molar-refractivity contribution in [3.63, 3.8) is 0 Å². The van der Waals surface area contributed by atoms with Crippen molar-refractivity contribution in [2.24, 2.45) is 11.8 Å². The Balaban J connectivity index is 3.44. The van der Waals surface area contributed by atoms with Gasteiger partial charge in [0.05, 0.1) is 0 Å². The summed E-state index contributed by atoms with van der Waals surface area (Å²) in [6.45, 7) is 12.8. The molecule has 1 nitrogen and oxygen atoms in total. The van der Waals surface area contributed by atoms with Crippen LogP contribution in [0.25, 0.3) is 0 Å². The fourth-order valence-electron chi connectivity index (χ4n) is 1.87. The number of nitrogens with zero attached hydrogens (tertiary/aromatic N) is 1. The molecule has 1 atom stereocenters. The number of hydrogen-bond acceptors (Lipinski definition) is 1. The molecule has 0 aliphatic carbocycles. The molecule has 0 aromatic heterocycles. The first-order valence-electron chi connectivity index (χ1n) is 6.13. The Morgan fingerprint density at radius 3 is 2.00 bits per heavy atom. The largest absolute Gasteiger partial charge is 0.304 e. The summed E-state index contributed by atoms with van der Waals surface area (Å²) >= 11 is 0. The molecular weight excluding hydrogens is 170 g/mol. The van der Waals surface area contributed by atoms with Crippen LogP contribution in [0.2, 0.25) is 0 Å². The Kier molecular flexibility index (Phi) is 7.26. The van der Waals surface area contributed by atoms with Crippen molar-refractivity contribution in [2.75, 3.05) is 13.6 Å². The average molecular weight is 199 g/mol. The highest BCUT2D eigenvalue weighted by molar-refractivity contribution is 4.60. The lowest BCUT2D eigenvalue weighted by molar-refractivity contribution is 0.258. The predicted molar refractivity (Wildman–Crippen MR) is 65.6 cm³/mol. The molecule has 0 amide bonds. The van der Waals surface area contributed by atoms with Gasteiger partial charge in [0.15, 0.2) is 0 Å². The molecule has 0 heterocycles. The van der Waals surface area contributed by atoms with Crippen molar-refractivity contribution in [3.8, 4) is 0 Å². The maximum absolute atomic E-state index is 2.43. The van der Waals surface area contributed by atoms with E-state index in [2.05, 4.69) is 46.6 Å². The van der Waals surface area contributed by atoms with Gasteiger partial charge in [-0.3, -0.25) is 0 Å². The standard InChI is InChI=1S/C13H29N/c1-11(2)10-13(5)8-7-9-14(6)12(3)4/h11-13H,7-10H2,1-6H3. The molecule has 0 spiro atoms. The molecule has 0 N–H and O–H groups in total. The summed E-state index contributed by atoms with van der Waals surface area (Å²) in [7, 11) is 2.22. The Morgan fingerprint density at radius 2 is 1.57 bits per heavy atom. The molecule has 0 fully saturated rings. The lowest BCUT2D eigenvalue weighted by Crippen LogP contribution is -2.27. The fraction of sp³-hybridized carbons (Fsp3) is 1.00. The van der Waals surface area contributed by atoms with Gasteiger partial charge < -0.3 is 4.90 Å². The molecule has 86 valence electrons. The van der Waals surface area contributed by atoms with Crippen LogP contribution in [0.1, 0.15) is 53.9 Å². The summed E-state index contributed by atoms with van der Waals surface area (Å²) in [6, 6.07) is 0.690. The van der Waals surface area contributed by atoms with Crippen LogP contribution in [0.3, 0.4) is 0 Å². The average Bonchev–Trinajstić information content (AvgIpc) is 2.02. The normalized spacial score (nSPS) is 14.4. The molecule has 0 radical (unpaired) electrons. The Bertz CT molecular complexity index is 129. The summed E-state index contributed by atoms with van der Waals surface area (Å²) in [4.78, 5) is 2.43. The van der Waals surface area contributed by atoms with Crippen LogP contribution < -0.4 is 0 Å². The first-order chi connectivity index (χ1) is 6.43. The highest BCUT2D eigenvalue weighted by Crippen LogP contribution is 2.16. The monoisotopic (exact) mass is 199 g/mol. The van der Waals surface area contributed by atoms with Gasteiger partial charge in [-0.25, -0.2) is 0 Å². The highest BCUT2D eigenvalue weighted by Gasteiger charge is 2.07. The van der Waals surface area contributed by atoms with Gasteiger partial charge in [0.2, 0.25) is 0 Å². The SMILES string of the molecule is CC(C)CC(C)CCCN(C)C(C)C. The summed E-state index contributed by atoms with van der Waals surface area (Å²) in [5, 5.41) is 0. The first kappa shape index (κ1) is 14.0. The zero-order valence-electron chi connectivity index (χ0n) is 11.0. The van der Waals surface area contributed by atoms with E-state index in [4.69, 9.17) is 0 Å². The van der Waals surface area contributed by atoms with Gasteiger partial charge in [0.1, 0.15) is 0 Å². The maximum Gasteiger partial charge on any atom is 0.00355 e. The Morgan fingerprint density at radius 1 is 1.00 bits per heavy atom. The van der Waals surface area contributed by atoms with Crippen LogP contribution in [0, 0.1) is 11.8 Å². The lowest BCUT2D eigenvalue weighted by Gasteiger charge is -2.22. The van der Waals surface area contributed by atoms with Crippen molar-refractivity contribution in [2.45, 2.75) is 59.9 Å². The molecular formula is C13H29N. The van der Waals surface area contributed by atoms with E-state index in [1.165, 1.54) is 25.8 Å². The van der Waals surface area contributed by atoms with Crippen LogP contribution in [0.15, 0.2) is 0 Å². The van der Waals surface area contributed by atoms with Crippen LogP contribution in [0.5, 0.6) is 0 Å². The van der Waals surface area contributed by atoms with Crippen LogP contribution in [-0.4, -0.2) is 24.5 Å². The van der Waals surface area contributed by atoms with Crippen molar-refractivity contribution >= 4 is 0 Å². The third-order valence-electron chi connectivity index (χ3n) is 2.96. The molecule has 0 aliphatic heterocycles. The third-order valence-corrected chi connectivity index (χ3v) is 2.96. The van der Waals surface area contributed by atoms with E-state index in [0.717, 1.165) is 11.8 Å². The van der Waals surface area contributed by atoms with Gasteiger partial charge in [-0.15, -0.1) is 0 Å². The minimum absolute atomic E-state index is 0.690. The van der Waals surface area contributed by atoms with E-state index in [1.807, 2.05) is 0 Å². The van der Waals surface area contributed by atoms with Crippen molar-refractivity contribution in [3.05, 3.63) is 0 Å². The topological polar surface area (TPSA) is 3.24 Å². The smallest absolute Gasteiger partial charge is 0.00355 e. The zero-order chi connectivity index (χ0) is 11.1. The van der Waals surface area contributed by atoms with Crippen LogP contribution in [-0.2, 0) is 0 Å². The summed E-state index contributed by atoms with van der Waals surface area (Å²) < 4.78 is 0. The lowest BCUT2D eigenvalue weighted by atomic mass is 9.95. The molecule has 1 heteroatoms. The number of rotatable bonds is 7. The van der Waals surface area contributed by atoms with Crippen molar-refractivity contribution in [1.29, 1.82) is 0 Å². The highest BCUT2D eigenvalue weighted by atomic mass is 15.1. The van der Waals surface area contributed by atoms with E-state index in [9.17, 15) is 0 Å². The van der Waals surface area contributed by atoms with Gasteiger partial charge in [0, 0.05) is 6.04 Å². The Hall–Kier alpha value is -0.0400. The minimum Gasteiger partial charge on any atom is -0.304 e. The molecule has 0 aliphatic rings. The Labute approximate surface area is 90.9 Å².